The molecular formula is C15H24N2O. The van der Waals surface area contributed by atoms with Gasteiger partial charge in [-0.05, 0) is 23.0 Å². The minimum Gasteiger partial charge on any atom is -0.369 e. The Bertz CT molecular complexity index is 382. The van der Waals surface area contributed by atoms with E-state index in [1.54, 1.807) is 0 Å². The van der Waals surface area contributed by atoms with Crippen molar-refractivity contribution in [2.75, 3.05) is 6.54 Å². The highest BCUT2D eigenvalue weighted by molar-refractivity contribution is 5.75. The van der Waals surface area contributed by atoms with Crippen molar-refractivity contribution in [1.82, 2.24) is 5.32 Å². The summed E-state index contributed by atoms with van der Waals surface area (Å²) in [6.45, 7) is 8.85. The zero-order valence-corrected chi connectivity index (χ0v) is 11.7. The van der Waals surface area contributed by atoms with Crippen molar-refractivity contribution < 1.29 is 4.79 Å². The lowest BCUT2D eigenvalue weighted by atomic mass is 9.93. The van der Waals surface area contributed by atoms with Crippen LogP contribution >= 0.6 is 0 Å². The molecule has 0 fully saturated rings. The predicted molar refractivity (Wildman–Crippen MR) is 75.3 cm³/mol. The Morgan fingerprint density at radius 3 is 2.00 bits per heavy atom. The van der Waals surface area contributed by atoms with Crippen LogP contribution in [0.3, 0.4) is 0 Å². The van der Waals surface area contributed by atoms with E-state index >= 15 is 0 Å². The van der Waals surface area contributed by atoms with E-state index in [1.807, 2.05) is 0 Å². The summed E-state index contributed by atoms with van der Waals surface area (Å²) in [5.41, 5.74) is 7.72. The predicted octanol–water partition coefficient (Wildman–Crippen LogP) is 2.58. The maximum atomic E-state index is 10.9. The van der Waals surface area contributed by atoms with E-state index in [4.69, 9.17) is 5.73 Å². The van der Waals surface area contributed by atoms with Gasteiger partial charge in [-0.1, -0.05) is 52.0 Å². The van der Waals surface area contributed by atoms with E-state index < -0.39 is 0 Å². The molecule has 1 rings (SSSR count). The van der Waals surface area contributed by atoms with E-state index in [9.17, 15) is 4.79 Å². The second-order valence-corrected chi connectivity index (χ2v) is 5.39. The average molecular weight is 248 g/mol. The van der Waals surface area contributed by atoms with Crippen LogP contribution in [0.2, 0.25) is 0 Å². The Kier molecular flexibility index (Phi) is 5.35. The van der Waals surface area contributed by atoms with Gasteiger partial charge in [-0.3, -0.25) is 4.79 Å². The molecule has 0 unspecified atom stereocenters. The van der Waals surface area contributed by atoms with Gasteiger partial charge in [0.25, 0.3) is 0 Å². The molecule has 0 bridgehead atoms. The summed E-state index contributed by atoms with van der Waals surface area (Å²) in [6, 6.07) is 8.74. The third-order valence-electron chi connectivity index (χ3n) is 3.13. The van der Waals surface area contributed by atoms with Crippen LogP contribution in [-0.4, -0.2) is 12.5 Å². The lowest BCUT2D eigenvalue weighted by Crippen LogP contribution is -2.34. The van der Waals surface area contributed by atoms with Crippen LogP contribution in [0, 0.1) is 5.92 Å². The Balaban J connectivity index is 2.82. The van der Waals surface area contributed by atoms with Crippen LogP contribution in [0.15, 0.2) is 24.3 Å². The summed E-state index contributed by atoms with van der Waals surface area (Å²) < 4.78 is 0. The standard InChI is InChI=1S/C15H24N2O/c1-10(2)12-5-7-13(8-6-12)15(11(3)4)17-9-14(16)18/h5-8,10-11,15,17H,9H2,1-4H3,(H2,16,18)/t15-/m0/s1. The van der Waals surface area contributed by atoms with Gasteiger partial charge in [0.2, 0.25) is 5.91 Å². The molecule has 0 spiro atoms. The highest BCUT2D eigenvalue weighted by Crippen LogP contribution is 2.23. The summed E-state index contributed by atoms with van der Waals surface area (Å²) >= 11 is 0. The summed E-state index contributed by atoms with van der Waals surface area (Å²) in [5.74, 6) is 0.629. The average Bonchev–Trinajstić information content (AvgIpc) is 2.29. The van der Waals surface area contributed by atoms with Gasteiger partial charge in [0, 0.05) is 6.04 Å². The first kappa shape index (κ1) is 14.7. The topological polar surface area (TPSA) is 55.1 Å². The first-order valence-electron chi connectivity index (χ1n) is 6.53. The van der Waals surface area contributed by atoms with Gasteiger partial charge in [0.05, 0.1) is 6.54 Å². The van der Waals surface area contributed by atoms with E-state index in [0.717, 1.165) is 0 Å². The number of nitrogens with two attached hydrogens (primary N) is 1. The molecule has 1 atom stereocenters. The van der Waals surface area contributed by atoms with E-state index in [0.29, 0.717) is 11.8 Å². The van der Waals surface area contributed by atoms with Gasteiger partial charge in [0.15, 0.2) is 0 Å². The first-order valence-corrected chi connectivity index (χ1v) is 6.53. The van der Waals surface area contributed by atoms with Gasteiger partial charge in [0.1, 0.15) is 0 Å². The van der Waals surface area contributed by atoms with Crippen LogP contribution in [0.1, 0.15) is 50.8 Å². The third-order valence-corrected chi connectivity index (χ3v) is 3.13. The van der Waals surface area contributed by atoms with Gasteiger partial charge in [-0.15, -0.1) is 0 Å². The second-order valence-electron chi connectivity index (χ2n) is 5.39. The van der Waals surface area contributed by atoms with E-state index in [1.165, 1.54) is 11.1 Å². The maximum Gasteiger partial charge on any atom is 0.231 e. The molecule has 3 heteroatoms. The van der Waals surface area contributed by atoms with Crippen LogP contribution in [0.5, 0.6) is 0 Å². The zero-order chi connectivity index (χ0) is 13.7. The van der Waals surface area contributed by atoms with Crippen LogP contribution < -0.4 is 11.1 Å². The third kappa shape index (κ3) is 4.15. The summed E-state index contributed by atoms with van der Waals surface area (Å²) in [5, 5.41) is 3.21. The number of carbonyl (C=O) groups excluding carboxylic acids is 1. The monoisotopic (exact) mass is 248 g/mol. The van der Waals surface area contributed by atoms with Crippen molar-refractivity contribution in [1.29, 1.82) is 0 Å². The van der Waals surface area contributed by atoms with Crippen molar-refractivity contribution >= 4 is 5.91 Å². The number of nitrogens with one attached hydrogen (secondary N) is 1. The SMILES string of the molecule is CC(C)c1ccc([C@@H](NCC(N)=O)C(C)C)cc1. The Morgan fingerprint density at radius 1 is 1.11 bits per heavy atom. The quantitative estimate of drug-likeness (QED) is 0.813. The highest BCUT2D eigenvalue weighted by Gasteiger charge is 2.15. The number of rotatable bonds is 6. The molecule has 0 saturated heterocycles. The summed E-state index contributed by atoms with van der Waals surface area (Å²) in [7, 11) is 0. The zero-order valence-electron chi connectivity index (χ0n) is 11.7. The van der Waals surface area contributed by atoms with Gasteiger partial charge in [-0.2, -0.15) is 0 Å². The molecule has 1 aromatic carbocycles. The fourth-order valence-electron chi connectivity index (χ4n) is 2.04. The fourth-order valence-corrected chi connectivity index (χ4v) is 2.04. The summed E-state index contributed by atoms with van der Waals surface area (Å²) in [6.07, 6.45) is 0. The minimum absolute atomic E-state index is 0.165. The molecule has 0 radical (unpaired) electrons. The van der Waals surface area contributed by atoms with E-state index in [2.05, 4.69) is 57.3 Å². The molecule has 0 aliphatic heterocycles. The molecular weight excluding hydrogens is 224 g/mol. The Hall–Kier alpha value is -1.35. The summed E-state index contributed by atoms with van der Waals surface area (Å²) in [4.78, 5) is 10.9. The van der Waals surface area contributed by atoms with Crippen molar-refractivity contribution in [3.05, 3.63) is 35.4 Å². The van der Waals surface area contributed by atoms with Crippen molar-refractivity contribution in [2.24, 2.45) is 11.7 Å². The molecule has 0 heterocycles. The van der Waals surface area contributed by atoms with Gasteiger partial charge < -0.3 is 11.1 Å². The molecule has 3 N–H and O–H groups in total. The molecule has 18 heavy (non-hydrogen) atoms. The maximum absolute atomic E-state index is 10.9. The molecule has 3 nitrogen and oxygen atoms in total. The Morgan fingerprint density at radius 2 is 1.61 bits per heavy atom. The van der Waals surface area contributed by atoms with Gasteiger partial charge >= 0.3 is 0 Å². The second kappa shape index (κ2) is 6.55. The number of primary amides is 1. The molecule has 0 aliphatic rings. The van der Waals surface area contributed by atoms with Crippen molar-refractivity contribution in [3.8, 4) is 0 Å². The number of amides is 1. The number of hydrogen-bond acceptors (Lipinski definition) is 2. The molecule has 0 saturated carbocycles. The van der Waals surface area contributed by atoms with Crippen LogP contribution in [0.4, 0.5) is 0 Å². The lowest BCUT2D eigenvalue weighted by Gasteiger charge is -2.22. The van der Waals surface area contributed by atoms with Crippen molar-refractivity contribution in [2.45, 2.75) is 39.7 Å². The first-order chi connectivity index (χ1) is 8.41. The molecule has 0 aromatic heterocycles. The molecule has 1 amide bonds. The number of benzene rings is 1. The largest absolute Gasteiger partial charge is 0.369 e. The molecule has 1 aromatic rings. The van der Waals surface area contributed by atoms with Crippen molar-refractivity contribution in [3.63, 3.8) is 0 Å². The number of hydrogen-bond donors (Lipinski definition) is 2. The molecule has 100 valence electrons. The minimum atomic E-state index is -0.320. The fraction of sp³-hybridized carbons (Fsp3) is 0.533. The van der Waals surface area contributed by atoms with Gasteiger partial charge in [-0.25, -0.2) is 0 Å². The normalized spacial score (nSPS) is 13.0. The smallest absolute Gasteiger partial charge is 0.231 e. The Labute approximate surface area is 110 Å². The highest BCUT2D eigenvalue weighted by atomic mass is 16.1. The number of carbonyl (C=O) groups is 1. The lowest BCUT2D eigenvalue weighted by molar-refractivity contribution is -0.117. The van der Waals surface area contributed by atoms with Crippen LogP contribution in [-0.2, 0) is 4.79 Å². The molecule has 0 aliphatic carbocycles. The van der Waals surface area contributed by atoms with E-state index in [-0.39, 0.29) is 18.5 Å². The van der Waals surface area contributed by atoms with Crippen LogP contribution in [0.25, 0.3) is 0 Å².